The summed E-state index contributed by atoms with van der Waals surface area (Å²) in [5, 5.41) is 0. The highest BCUT2D eigenvalue weighted by Crippen LogP contribution is 2.73. The van der Waals surface area contributed by atoms with Crippen LogP contribution in [0.2, 0.25) is 0 Å². The number of nitrogens with zero attached hydrogens (tertiary/aromatic N) is 1. The molecule has 5 atom stereocenters. The number of allylic oxidation sites excluding steroid dienone is 4. The van der Waals surface area contributed by atoms with Crippen molar-refractivity contribution in [3.63, 3.8) is 0 Å². The van der Waals surface area contributed by atoms with E-state index < -0.39 is 5.41 Å². The van der Waals surface area contributed by atoms with Gasteiger partial charge in [-0.05, 0) is 74.3 Å². The van der Waals surface area contributed by atoms with E-state index in [1.165, 1.54) is 35.8 Å². The van der Waals surface area contributed by atoms with E-state index in [0.29, 0.717) is 24.2 Å². The standard InChI is InChI=1S/C23H27NO3/c1-12-10-24-11-14-6-4-13-5-7-15-17(21(26)27-3)9-23(19(13)15)20(25)16(12)8-18(24)22(14,23)2/h10,14,16,18H,4-9,11H2,1-3H3/t14-,16-,18-,22-,23+/m1/s1. The lowest BCUT2D eigenvalue weighted by Crippen LogP contribution is -2.62. The Morgan fingerprint density at radius 1 is 1.30 bits per heavy atom. The Hall–Kier alpha value is -1.84. The third kappa shape index (κ3) is 1.53. The largest absolute Gasteiger partial charge is 0.466 e. The van der Waals surface area contributed by atoms with E-state index in [1.54, 1.807) is 0 Å². The van der Waals surface area contributed by atoms with Gasteiger partial charge in [-0.3, -0.25) is 4.79 Å². The van der Waals surface area contributed by atoms with Crippen molar-refractivity contribution < 1.29 is 14.3 Å². The highest BCUT2D eigenvalue weighted by Gasteiger charge is 2.73. The van der Waals surface area contributed by atoms with E-state index in [2.05, 4.69) is 24.9 Å². The maximum atomic E-state index is 14.2. The van der Waals surface area contributed by atoms with Crippen LogP contribution in [0.3, 0.4) is 0 Å². The Balaban J connectivity index is 1.66. The van der Waals surface area contributed by atoms with Crippen LogP contribution in [0.5, 0.6) is 0 Å². The van der Waals surface area contributed by atoms with Crippen LogP contribution in [-0.4, -0.2) is 36.3 Å². The van der Waals surface area contributed by atoms with Gasteiger partial charge in [-0.2, -0.15) is 0 Å². The van der Waals surface area contributed by atoms with Crippen LogP contribution in [0.15, 0.2) is 34.1 Å². The van der Waals surface area contributed by atoms with Gasteiger partial charge in [0.1, 0.15) is 0 Å². The topological polar surface area (TPSA) is 46.6 Å². The Bertz CT molecular complexity index is 909. The molecule has 2 bridgehead atoms. The van der Waals surface area contributed by atoms with Crippen molar-refractivity contribution in [2.75, 3.05) is 13.7 Å². The summed E-state index contributed by atoms with van der Waals surface area (Å²) < 4.78 is 5.17. The second-order valence-corrected chi connectivity index (χ2v) is 9.77. The SMILES string of the molecule is COC(=O)C1=C2CCC3=C2[C@@]2(C1)C(=O)[C@@H]1C[C@H]4N(C=C1C)C[C@@H](CC3)[C@]42C. The minimum Gasteiger partial charge on any atom is -0.466 e. The molecule has 4 aliphatic carbocycles. The lowest BCUT2D eigenvalue weighted by Gasteiger charge is -2.57. The molecule has 6 aliphatic rings. The zero-order valence-electron chi connectivity index (χ0n) is 16.4. The summed E-state index contributed by atoms with van der Waals surface area (Å²) in [6, 6.07) is 0.416. The molecule has 0 unspecified atom stereocenters. The molecule has 4 heteroatoms. The van der Waals surface area contributed by atoms with Crippen LogP contribution in [0.25, 0.3) is 0 Å². The van der Waals surface area contributed by atoms with E-state index in [9.17, 15) is 9.59 Å². The van der Waals surface area contributed by atoms with Crippen molar-refractivity contribution in [3.05, 3.63) is 34.1 Å². The number of rotatable bonds is 1. The molecule has 6 rings (SSSR count). The molecule has 0 aromatic carbocycles. The number of carbonyl (C=O) groups is 2. The van der Waals surface area contributed by atoms with Crippen LogP contribution < -0.4 is 0 Å². The van der Waals surface area contributed by atoms with E-state index in [-0.39, 0.29) is 17.3 Å². The predicted molar refractivity (Wildman–Crippen MR) is 101 cm³/mol. The fourth-order valence-corrected chi connectivity index (χ4v) is 8.02. The molecule has 0 aromatic rings. The highest BCUT2D eigenvalue weighted by atomic mass is 16.5. The summed E-state index contributed by atoms with van der Waals surface area (Å²) in [7, 11) is 1.47. The lowest BCUT2D eigenvalue weighted by atomic mass is 9.46. The normalized spacial score (nSPS) is 43.8. The van der Waals surface area contributed by atoms with Gasteiger partial charge in [0.15, 0.2) is 5.78 Å². The summed E-state index contributed by atoms with van der Waals surface area (Å²) in [5.41, 5.74) is 5.37. The predicted octanol–water partition coefficient (Wildman–Crippen LogP) is 3.54. The van der Waals surface area contributed by atoms with Crippen LogP contribution in [0, 0.1) is 22.7 Å². The maximum absolute atomic E-state index is 14.2. The number of fused-ring (bicyclic) bond motifs is 1. The zero-order valence-corrected chi connectivity index (χ0v) is 16.4. The average Bonchev–Trinajstić information content (AvgIpc) is 3.27. The molecular weight excluding hydrogens is 338 g/mol. The van der Waals surface area contributed by atoms with Gasteiger partial charge in [-0.15, -0.1) is 0 Å². The van der Waals surface area contributed by atoms with Crippen molar-refractivity contribution in [2.24, 2.45) is 22.7 Å². The molecule has 0 amide bonds. The molecule has 0 N–H and O–H groups in total. The molecule has 1 saturated carbocycles. The second-order valence-electron chi connectivity index (χ2n) is 9.77. The highest BCUT2D eigenvalue weighted by molar-refractivity contribution is 6.02. The van der Waals surface area contributed by atoms with E-state index in [0.717, 1.165) is 37.8 Å². The van der Waals surface area contributed by atoms with E-state index in [4.69, 9.17) is 4.74 Å². The number of carbonyl (C=O) groups excluding carboxylic acids is 2. The van der Waals surface area contributed by atoms with E-state index >= 15 is 0 Å². The molecule has 1 saturated heterocycles. The quantitative estimate of drug-likeness (QED) is 0.667. The fourth-order valence-electron chi connectivity index (χ4n) is 8.02. The molecule has 142 valence electrons. The van der Waals surface area contributed by atoms with Crippen LogP contribution in [0.4, 0.5) is 0 Å². The van der Waals surface area contributed by atoms with Gasteiger partial charge in [-0.25, -0.2) is 4.79 Å². The number of ether oxygens (including phenoxy) is 1. The Morgan fingerprint density at radius 2 is 2.11 bits per heavy atom. The molecular formula is C23H27NO3. The Morgan fingerprint density at radius 3 is 2.89 bits per heavy atom. The second kappa shape index (κ2) is 4.76. The van der Waals surface area contributed by atoms with Gasteiger partial charge < -0.3 is 9.64 Å². The van der Waals surface area contributed by atoms with Gasteiger partial charge in [-0.1, -0.05) is 12.5 Å². The fraction of sp³-hybridized carbons (Fsp3) is 0.652. The first kappa shape index (κ1) is 16.1. The van der Waals surface area contributed by atoms with Crippen molar-refractivity contribution in [3.8, 4) is 0 Å². The lowest BCUT2D eigenvalue weighted by molar-refractivity contribution is -0.147. The zero-order chi connectivity index (χ0) is 18.7. The molecule has 27 heavy (non-hydrogen) atoms. The summed E-state index contributed by atoms with van der Waals surface area (Å²) in [5.74, 6) is 0.712. The van der Waals surface area contributed by atoms with Gasteiger partial charge >= 0.3 is 5.97 Å². The van der Waals surface area contributed by atoms with Crippen LogP contribution in [0.1, 0.15) is 52.4 Å². The van der Waals surface area contributed by atoms with Gasteiger partial charge in [0.2, 0.25) is 0 Å². The summed E-state index contributed by atoms with van der Waals surface area (Å²) in [6.07, 6.45) is 8.02. The first-order valence-corrected chi connectivity index (χ1v) is 10.4. The first-order chi connectivity index (χ1) is 12.9. The molecule has 2 aliphatic heterocycles. The van der Waals surface area contributed by atoms with Gasteiger partial charge in [0.05, 0.1) is 12.5 Å². The number of esters is 1. The Labute approximate surface area is 160 Å². The number of ketones is 1. The Kier molecular flexibility index (Phi) is 2.85. The number of hydrogen-bond acceptors (Lipinski definition) is 4. The molecule has 1 spiro atoms. The molecule has 2 fully saturated rings. The minimum absolute atomic E-state index is 0.0174. The monoisotopic (exact) mass is 365 g/mol. The molecule has 4 nitrogen and oxygen atoms in total. The number of hydrogen-bond donors (Lipinski definition) is 0. The van der Waals surface area contributed by atoms with Crippen LogP contribution in [-0.2, 0) is 14.3 Å². The third-order valence-corrected chi connectivity index (χ3v) is 9.20. The van der Waals surface area contributed by atoms with E-state index in [1.807, 2.05) is 0 Å². The van der Waals surface area contributed by atoms with Crippen molar-refractivity contribution in [2.45, 2.75) is 58.4 Å². The number of Topliss-reactive ketones (excluding diaryl/α,β-unsaturated/α-hetero) is 1. The van der Waals surface area contributed by atoms with Crippen molar-refractivity contribution in [1.29, 1.82) is 0 Å². The minimum atomic E-state index is -0.503. The molecule has 2 heterocycles. The molecule has 0 radical (unpaired) electrons. The first-order valence-electron chi connectivity index (χ1n) is 10.4. The van der Waals surface area contributed by atoms with Crippen LogP contribution >= 0.6 is 0 Å². The summed E-state index contributed by atoms with van der Waals surface area (Å²) in [4.78, 5) is 29.4. The molecule has 0 aromatic heterocycles. The third-order valence-electron chi connectivity index (χ3n) is 9.20. The maximum Gasteiger partial charge on any atom is 0.334 e. The van der Waals surface area contributed by atoms with Crippen molar-refractivity contribution >= 4 is 11.8 Å². The van der Waals surface area contributed by atoms with Crippen molar-refractivity contribution in [1.82, 2.24) is 4.90 Å². The summed E-state index contributed by atoms with van der Waals surface area (Å²) >= 11 is 0. The number of methoxy groups -OCH3 is 1. The summed E-state index contributed by atoms with van der Waals surface area (Å²) in [6.45, 7) is 5.57. The van der Waals surface area contributed by atoms with Gasteiger partial charge in [0, 0.05) is 29.5 Å². The average molecular weight is 365 g/mol. The van der Waals surface area contributed by atoms with Gasteiger partial charge in [0.25, 0.3) is 0 Å². The smallest absolute Gasteiger partial charge is 0.334 e.